The summed E-state index contributed by atoms with van der Waals surface area (Å²) in [4.78, 5) is 14.2. The second-order valence-corrected chi connectivity index (χ2v) is 8.91. The van der Waals surface area contributed by atoms with Crippen LogP contribution in [0.2, 0.25) is 0 Å². The van der Waals surface area contributed by atoms with Crippen molar-refractivity contribution in [1.82, 2.24) is 14.9 Å². The van der Waals surface area contributed by atoms with Crippen LogP contribution in [0.25, 0.3) is 0 Å². The Kier molecular flexibility index (Phi) is 5.78. The largest absolute Gasteiger partial charge is 0.488 e. The van der Waals surface area contributed by atoms with Crippen molar-refractivity contribution in [3.63, 3.8) is 0 Å². The standard InChI is InChI=1S/C24H27BFN5O2/c1-15-11-18-20(25(32)33)7-4-8-22(18)31(15)24-28-21-9-10-30(2)14-19(21)23(29-24)27-13-16-5-3-6-17(26)12-16/h3-8,12,15,32-33H,9-11,13-14H2,1-2H3,(H,27,28,29). The van der Waals surface area contributed by atoms with E-state index in [1.54, 1.807) is 12.1 Å². The Morgan fingerprint density at radius 1 is 1.15 bits per heavy atom. The number of halogens is 1. The van der Waals surface area contributed by atoms with E-state index in [-0.39, 0.29) is 11.9 Å². The van der Waals surface area contributed by atoms with E-state index >= 15 is 0 Å². The first-order valence-electron chi connectivity index (χ1n) is 11.2. The van der Waals surface area contributed by atoms with Crippen molar-refractivity contribution in [2.24, 2.45) is 0 Å². The highest BCUT2D eigenvalue weighted by Crippen LogP contribution is 2.37. The Morgan fingerprint density at radius 2 is 1.97 bits per heavy atom. The molecular formula is C24H27BFN5O2. The molecule has 3 heterocycles. The van der Waals surface area contributed by atoms with Gasteiger partial charge in [-0.05, 0) is 55.2 Å². The fraction of sp³-hybridized carbons (Fsp3) is 0.333. The molecule has 170 valence electrons. The summed E-state index contributed by atoms with van der Waals surface area (Å²) in [5.41, 5.74) is 5.25. The van der Waals surface area contributed by atoms with Crippen LogP contribution >= 0.6 is 0 Å². The van der Waals surface area contributed by atoms with Gasteiger partial charge in [-0.15, -0.1) is 0 Å². The molecule has 0 radical (unpaired) electrons. The zero-order chi connectivity index (χ0) is 23.1. The van der Waals surface area contributed by atoms with Crippen molar-refractivity contribution >= 4 is 30.0 Å². The third-order valence-corrected chi connectivity index (χ3v) is 6.47. The lowest BCUT2D eigenvalue weighted by atomic mass is 9.76. The van der Waals surface area contributed by atoms with Gasteiger partial charge in [0.15, 0.2) is 0 Å². The summed E-state index contributed by atoms with van der Waals surface area (Å²) >= 11 is 0. The molecule has 1 aromatic heterocycles. The normalized spacial score (nSPS) is 17.6. The molecule has 7 nitrogen and oxygen atoms in total. The summed E-state index contributed by atoms with van der Waals surface area (Å²) in [5.74, 6) is 1.09. The molecule has 2 aromatic carbocycles. The molecule has 1 unspecified atom stereocenters. The lowest BCUT2D eigenvalue weighted by Gasteiger charge is -2.29. The minimum absolute atomic E-state index is 0.0697. The van der Waals surface area contributed by atoms with Crippen molar-refractivity contribution in [1.29, 1.82) is 0 Å². The number of likely N-dealkylation sites (N-methyl/N-ethyl adjacent to an activating group) is 1. The smallest absolute Gasteiger partial charge is 0.423 e. The van der Waals surface area contributed by atoms with Gasteiger partial charge < -0.3 is 25.2 Å². The topological polar surface area (TPSA) is 84.8 Å². The van der Waals surface area contributed by atoms with Crippen molar-refractivity contribution in [3.8, 4) is 0 Å². The maximum absolute atomic E-state index is 13.7. The van der Waals surface area contributed by atoms with Gasteiger partial charge in [0.25, 0.3) is 0 Å². The number of fused-ring (bicyclic) bond motifs is 2. The quantitative estimate of drug-likeness (QED) is 0.516. The summed E-state index contributed by atoms with van der Waals surface area (Å²) in [7, 11) is 0.559. The molecule has 0 saturated carbocycles. The van der Waals surface area contributed by atoms with E-state index in [0.29, 0.717) is 24.4 Å². The molecule has 2 aliphatic heterocycles. The second-order valence-electron chi connectivity index (χ2n) is 8.91. The summed E-state index contributed by atoms with van der Waals surface area (Å²) in [5, 5.41) is 23.1. The molecule has 3 N–H and O–H groups in total. The van der Waals surface area contributed by atoms with Crippen LogP contribution in [-0.4, -0.2) is 51.7 Å². The number of anilines is 3. The van der Waals surface area contributed by atoms with Gasteiger partial charge in [0.2, 0.25) is 5.95 Å². The van der Waals surface area contributed by atoms with Crippen LogP contribution in [0.4, 0.5) is 21.8 Å². The zero-order valence-electron chi connectivity index (χ0n) is 18.8. The van der Waals surface area contributed by atoms with E-state index in [4.69, 9.17) is 9.97 Å². The van der Waals surface area contributed by atoms with Crippen molar-refractivity contribution in [3.05, 3.63) is 70.7 Å². The van der Waals surface area contributed by atoms with E-state index in [0.717, 1.165) is 53.4 Å². The lowest BCUT2D eigenvalue weighted by Crippen LogP contribution is -2.32. The Hall–Kier alpha value is -3.01. The minimum Gasteiger partial charge on any atom is -0.423 e. The van der Waals surface area contributed by atoms with Crippen LogP contribution < -0.4 is 15.7 Å². The molecule has 3 aromatic rings. The van der Waals surface area contributed by atoms with Gasteiger partial charge in [0.1, 0.15) is 11.6 Å². The van der Waals surface area contributed by atoms with Gasteiger partial charge in [-0.2, -0.15) is 4.98 Å². The van der Waals surface area contributed by atoms with Gasteiger partial charge >= 0.3 is 7.12 Å². The van der Waals surface area contributed by atoms with Crippen LogP contribution in [0.3, 0.4) is 0 Å². The van der Waals surface area contributed by atoms with Gasteiger partial charge in [-0.1, -0.05) is 24.3 Å². The fourth-order valence-corrected chi connectivity index (χ4v) is 4.83. The Labute approximate surface area is 193 Å². The minimum atomic E-state index is -1.52. The second kappa shape index (κ2) is 8.74. The Balaban J connectivity index is 1.54. The SMILES string of the molecule is CC1Cc2c(B(O)O)cccc2N1c1nc2c(c(NCc3cccc(F)c3)n1)CN(C)CC2. The number of hydrogen-bond donors (Lipinski definition) is 3. The first kappa shape index (κ1) is 21.8. The summed E-state index contributed by atoms with van der Waals surface area (Å²) in [6.07, 6.45) is 1.50. The molecule has 0 spiro atoms. The van der Waals surface area contributed by atoms with E-state index in [1.165, 1.54) is 12.1 Å². The van der Waals surface area contributed by atoms with E-state index in [9.17, 15) is 14.4 Å². The molecule has 0 aliphatic carbocycles. The van der Waals surface area contributed by atoms with Crippen LogP contribution in [0.15, 0.2) is 42.5 Å². The highest BCUT2D eigenvalue weighted by molar-refractivity contribution is 6.59. The molecule has 9 heteroatoms. The molecule has 0 bridgehead atoms. The molecule has 0 amide bonds. The third kappa shape index (κ3) is 4.19. The van der Waals surface area contributed by atoms with Crippen molar-refractivity contribution < 1.29 is 14.4 Å². The Morgan fingerprint density at radius 3 is 2.76 bits per heavy atom. The van der Waals surface area contributed by atoms with Crippen LogP contribution in [0, 0.1) is 5.82 Å². The summed E-state index contributed by atoms with van der Waals surface area (Å²) < 4.78 is 13.7. The number of rotatable bonds is 5. The van der Waals surface area contributed by atoms with Crippen molar-refractivity contribution in [2.45, 2.75) is 38.9 Å². The van der Waals surface area contributed by atoms with Crippen molar-refractivity contribution in [2.75, 3.05) is 23.8 Å². The number of benzene rings is 2. The first-order valence-corrected chi connectivity index (χ1v) is 11.2. The van der Waals surface area contributed by atoms with Gasteiger partial charge in [0, 0.05) is 43.3 Å². The third-order valence-electron chi connectivity index (χ3n) is 6.47. The average molecular weight is 447 g/mol. The maximum Gasteiger partial charge on any atom is 0.488 e. The highest BCUT2D eigenvalue weighted by atomic mass is 19.1. The molecular weight excluding hydrogens is 420 g/mol. The van der Waals surface area contributed by atoms with Gasteiger partial charge in [-0.3, -0.25) is 0 Å². The fourth-order valence-electron chi connectivity index (χ4n) is 4.83. The number of aromatic nitrogens is 2. The number of nitrogens with zero attached hydrogens (tertiary/aromatic N) is 4. The molecule has 2 aliphatic rings. The average Bonchev–Trinajstić information content (AvgIpc) is 3.13. The van der Waals surface area contributed by atoms with E-state index in [2.05, 4.69) is 29.1 Å². The van der Waals surface area contributed by atoms with Gasteiger partial charge in [0.05, 0.1) is 5.69 Å². The predicted octanol–water partition coefficient (Wildman–Crippen LogP) is 1.98. The zero-order valence-corrected chi connectivity index (χ0v) is 18.8. The van der Waals surface area contributed by atoms with Crippen LogP contribution in [0.1, 0.15) is 29.3 Å². The number of hydrogen-bond acceptors (Lipinski definition) is 7. The monoisotopic (exact) mass is 447 g/mol. The highest BCUT2D eigenvalue weighted by Gasteiger charge is 2.34. The van der Waals surface area contributed by atoms with Crippen LogP contribution in [0.5, 0.6) is 0 Å². The van der Waals surface area contributed by atoms with Gasteiger partial charge in [-0.25, -0.2) is 9.37 Å². The Bertz CT molecular complexity index is 1190. The lowest BCUT2D eigenvalue weighted by molar-refractivity contribution is 0.310. The number of nitrogens with one attached hydrogen (secondary N) is 1. The molecule has 33 heavy (non-hydrogen) atoms. The molecule has 5 rings (SSSR count). The molecule has 0 fully saturated rings. The van der Waals surface area contributed by atoms with Crippen LogP contribution in [-0.2, 0) is 25.9 Å². The maximum atomic E-state index is 13.7. The van der Waals surface area contributed by atoms with E-state index in [1.807, 2.05) is 18.2 Å². The first-order chi connectivity index (χ1) is 15.9. The van der Waals surface area contributed by atoms with E-state index < -0.39 is 7.12 Å². The molecule has 0 saturated heterocycles. The summed E-state index contributed by atoms with van der Waals surface area (Å²) in [6.45, 7) is 4.20. The summed E-state index contributed by atoms with van der Waals surface area (Å²) in [6, 6.07) is 12.2. The molecule has 1 atom stereocenters. The predicted molar refractivity (Wildman–Crippen MR) is 127 cm³/mol.